The van der Waals surface area contributed by atoms with Crippen LogP contribution in [0.3, 0.4) is 0 Å². The average molecular weight is 464 g/mol. The van der Waals surface area contributed by atoms with Gasteiger partial charge in [-0.1, -0.05) is 30.3 Å². The Hall–Kier alpha value is -2.68. The summed E-state index contributed by atoms with van der Waals surface area (Å²) in [4.78, 5) is 35.4. The summed E-state index contributed by atoms with van der Waals surface area (Å²) in [6.45, 7) is -0.0281. The van der Waals surface area contributed by atoms with Crippen LogP contribution in [0.5, 0.6) is 0 Å². The number of carboxylic acids is 1. The molecule has 2 amide bonds. The zero-order chi connectivity index (χ0) is 18.9. The maximum Gasteiger partial charge on any atom is 0.305 e. The van der Waals surface area contributed by atoms with E-state index in [4.69, 9.17) is 5.11 Å². The Balaban J connectivity index is 2.18. The molecule has 0 aliphatic carbocycles. The van der Waals surface area contributed by atoms with Crippen molar-refractivity contribution >= 4 is 46.5 Å². The van der Waals surface area contributed by atoms with Gasteiger partial charge in [0.25, 0.3) is 11.8 Å². The molecule has 0 bridgehead atoms. The number of rotatable bonds is 7. The molecule has 0 spiro atoms. The van der Waals surface area contributed by atoms with Crippen LogP contribution in [-0.2, 0) is 9.59 Å². The Morgan fingerprint density at radius 2 is 1.65 bits per heavy atom. The van der Waals surface area contributed by atoms with Crippen LogP contribution in [0.1, 0.15) is 22.3 Å². The third-order valence-electron chi connectivity index (χ3n) is 3.33. The lowest BCUT2D eigenvalue weighted by Crippen LogP contribution is -2.35. The van der Waals surface area contributed by atoms with Gasteiger partial charge in [-0.15, -0.1) is 0 Å². The number of benzene rings is 2. The van der Waals surface area contributed by atoms with Crippen molar-refractivity contribution in [3.63, 3.8) is 0 Å². The summed E-state index contributed by atoms with van der Waals surface area (Å²) in [7, 11) is 0. The molecule has 7 heteroatoms. The van der Waals surface area contributed by atoms with E-state index in [-0.39, 0.29) is 18.7 Å². The SMILES string of the molecule is O=C(O)CCNC(=O)C(=Cc1ccccc1)NC(=O)c1ccc(I)cc1. The van der Waals surface area contributed by atoms with E-state index < -0.39 is 17.8 Å². The summed E-state index contributed by atoms with van der Waals surface area (Å²) in [5, 5.41) is 13.8. The van der Waals surface area contributed by atoms with Crippen LogP contribution in [0.25, 0.3) is 6.08 Å². The van der Waals surface area contributed by atoms with Crippen molar-refractivity contribution in [1.82, 2.24) is 10.6 Å². The molecule has 6 nitrogen and oxygen atoms in total. The first-order valence-corrected chi connectivity index (χ1v) is 8.87. The average Bonchev–Trinajstić information content (AvgIpc) is 2.62. The number of carbonyl (C=O) groups is 3. The van der Waals surface area contributed by atoms with Crippen LogP contribution >= 0.6 is 22.6 Å². The Kier molecular flexibility index (Phi) is 7.34. The molecule has 0 aliphatic rings. The van der Waals surface area contributed by atoms with Gasteiger partial charge in [0.15, 0.2) is 0 Å². The normalized spacial score (nSPS) is 10.9. The number of amides is 2. The number of halogens is 1. The van der Waals surface area contributed by atoms with Gasteiger partial charge in [-0.2, -0.15) is 0 Å². The molecule has 26 heavy (non-hydrogen) atoms. The van der Waals surface area contributed by atoms with Gasteiger partial charge in [0, 0.05) is 15.7 Å². The predicted octanol–water partition coefficient (Wildman–Crippen LogP) is 2.65. The highest BCUT2D eigenvalue weighted by molar-refractivity contribution is 14.1. The van der Waals surface area contributed by atoms with Crippen molar-refractivity contribution < 1.29 is 19.5 Å². The van der Waals surface area contributed by atoms with E-state index in [1.807, 2.05) is 18.2 Å². The van der Waals surface area contributed by atoms with Crippen LogP contribution in [0, 0.1) is 3.57 Å². The Bertz CT molecular complexity index is 817. The van der Waals surface area contributed by atoms with Gasteiger partial charge in [-0.25, -0.2) is 0 Å². The van der Waals surface area contributed by atoms with E-state index in [9.17, 15) is 14.4 Å². The zero-order valence-electron chi connectivity index (χ0n) is 13.7. The molecule has 0 aliphatic heterocycles. The quantitative estimate of drug-likeness (QED) is 0.434. The lowest BCUT2D eigenvalue weighted by atomic mass is 10.1. The fraction of sp³-hybridized carbons (Fsp3) is 0.105. The highest BCUT2D eigenvalue weighted by atomic mass is 127. The predicted molar refractivity (Wildman–Crippen MR) is 106 cm³/mol. The minimum absolute atomic E-state index is 0.0281. The van der Waals surface area contributed by atoms with E-state index in [0.717, 1.165) is 9.13 Å². The van der Waals surface area contributed by atoms with Gasteiger partial charge < -0.3 is 15.7 Å². The molecule has 0 aromatic heterocycles. The third kappa shape index (κ3) is 6.32. The fourth-order valence-electron chi connectivity index (χ4n) is 2.05. The summed E-state index contributed by atoms with van der Waals surface area (Å²) < 4.78 is 0.991. The van der Waals surface area contributed by atoms with Crippen LogP contribution in [0.4, 0.5) is 0 Å². The smallest absolute Gasteiger partial charge is 0.305 e. The summed E-state index contributed by atoms with van der Waals surface area (Å²) >= 11 is 2.14. The molecule has 0 saturated heterocycles. The van der Waals surface area contributed by atoms with Gasteiger partial charge in [-0.05, 0) is 58.5 Å². The van der Waals surface area contributed by atoms with Gasteiger partial charge in [0.05, 0.1) is 6.42 Å². The number of carboxylic acid groups (broad SMARTS) is 1. The molecule has 0 fully saturated rings. The van der Waals surface area contributed by atoms with Gasteiger partial charge >= 0.3 is 5.97 Å². The first-order valence-electron chi connectivity index (χ1n) is 7.79. The summed E-state index contributed by atoms with van der Waals surface area (Å²) in [5.74, 6) is -1.98. The van der Waals surface area contributed by atoms with Crippen molar-refractivity contribution in [1.29, 1.82) is 0 Å². The summed E-state index contributed by atoms with van der Waals surface area (Å²) in [6.07, 6.45) is 1.34. The third-order valence-corrected chi connectivity index (χ3v) is 4.05. The monoisotopic (exact) mass is 464 g/mol. The number of nitrogens with one attached hydrogen (secondary N) is 2. The Morgan fingerprint density at radius 3 is 2.27 bits per heavy atom. The van der Waals surface area contributed by atoms with Gasteiger partial charge in [0.1, 0.15) is 5.70 Å². The Labute approximate surface area is 164 Å². The van der Waals surface area contributed by atoms with Crippen molar-refractivity contribution in [3.8, 4) is 0 Å². The minimum Gasteiger partial charge on any atom is -0.481 e. The molecule has 2 rings (SSSR count). The van der Waals surface area contributed by atoms with Gasteiger partial charge in [-0.3, -0.25) is 14.4 Å². The van der Waals surface area contributed by atoms with Crippen molar-refractivity contribution in [3.05, 3.63) is 75.0 Å². The topological polar surface area (TPSA) is 95.5 Å². The molecule has 2 aromatic rings. The summed E-state index contributed by atoms with van der Waals surface area (Å²) in [5.41, 5.74) is 1.20. The standard InChI is InChI=1S/C19H17IN2O4/c20-15-8-6-14(7-9-15)18(25)22-16(12-13-4-2-1-3-5-13)19(26)21-11-10-17(23)24/h1-9,12H,10-11H2,(H,21,26)(H,22,25)(H,23,24). The second-order valence-corrected chi connectivity index (χ2v) is 6.57. The van der Waals surface area contributed by atoms with E-state index in [2.05, 4.69) is 33.2 Å². The van der Waals surface area contributed by atoms with Crippen molar-refractivity contribution in [2.24, 2.45) is 0 Å². The molecule has 0 heterocycles. The number of carbonyl (C=O) groups excluding carboxylic acids is 2. The number of aliphatic carboxylic acids is 1. The maximum atomic E-state index is 12.4. The van der Waals surface area contributed by atoms with Crippen LogP contribution < -0.4 is 10.6 Å². The van der Waals surface area contributed by atoms with E-state index in [1.54, 1.807) is 42.5 Å². The minimum atomic E-state index is -1.01. The molecule has 0 saturated carbocycles. The van der Waals surface area contributed by atoms with Crippen LogP contribution in [0.15, 0.2) is 60.3 Å². The first-order chi connectivity index (χ1) is 12.5. The van der Waals surface area contributed by atoms with E-state index >= 15 is 0 Å². The largest absolute Gasteiger partial charge is 0.481 e. The van der Waals surface area contributed by atoms with Gasteiger partial charge in [0.2, 0.25) is 0 Å². The summed E-state index contributed by atoms with van der Waals surface area (Å²) in [6, 6.07) is 16.0. The highest BCUT2D eigenvalue weighted by Gasteiger charge is 2.14. The maximum absolute atomic E-state index is 12.4. The van der Waals surface area contributed by atoms with Crippen molar-refractivity contribution in [2.45, 2.75) is 6.42 Å². The lowest BCUT2D eigenvalue weighted by Gasteiger charge is -2.11. The molecule has 134 valence electrons. The zero-order valence-corrected chi connectivity index (χ0v) is 15.9. The highest BCUT2D eigenvalue weighted by Crippen LogP contribution is 2.09. The second kappa shape index (κ2) is 9.71. The molecule has 0 unspecified atom stereocenters. The number of hydrogen-bond donors (Lipinski definition) is 3. The molecule has 2 aromatic carbocycles. The molecular formula is C19H17IN2O4. The van der Waals surface area contributed by atoms with Crippen LogP contribution in [0.2, 0.25) is 0 Å². The lowest BCUT2D eigenvalue weighted by molar-refractivity contribution is -0.136. The second-order valence-electron chi connectivity index (χ2n) is 5.33. The molecule has 0 radical (unpaired) electrons. The molecule has 0 atom stereocenters. The molecule has 3 N–H and O–H groups in total. The van der Waals surface area contributed by atoms with Crippen LogP contribution in [-0.4, -0.2) is 29.4 Å². The Morgan fingerprint density at radius 1 is 1.00 bits per heavy atom. The van der Waals surface area contributed by atoms with Crippen molar-refractivity contribution in [2.75, 3.05) is 6.54 Å². The van der Waals surface area contributed by atoms with E-state index in [0.29, 0.717) is 5.56 Å². The number of hydrogen-bond acceptors (Lipinski definition) is 3. The first kappa shape index (κ1) is 19.6. The van der Waals surface area contributed by atoms with E-state index in [1.165, 1.54) is 0 Å². The fourth-order valence-corrected chi connectivity index (χ4v) is 2.41. The molecular weight excluding hydrogens is 447 g/mol.